The first-order valence-electron chi connectivity index (χ1n) is 5.54. The van der Waals surface area contributed by atoms with Gasteiger partial charge in [0.05, 0.1) is 6.04 Å². The number of aromatic nitrogens is 1. The fourth-order valence-electron chi connectivity index (χ4n) is 1.28. The van der Waals surface area contributed by atoms with E-state index >= 15 is 0 Å². The van der Waals surface area contributed by atoms with Crippen LogP contribution in [0.2, 0.25) is 0 Å². The van der Waals surface area contributed by atoms with Crippen LogP contribution in [0.25, 0.3) is 0 Å². The number of nitrogens with two attached hydrogens (primary N) is 1. The standard InChI is InChI=1S/C12H19N3O/c1-9(2)11(13)12(16)15-8-6-10-5-3-4-7-14-10/h3-5,7,9,11H,6,8,13H2,1-2H3,(H,15,16)/t11-/m0/s1. The van der Waals surface area contributed by atoms with E-state index in [1.54, 1.807) is 6.20 Å². The van der Waals surface area contributed by atoms with Gasteiger partial charge < -0.3 is 11.1 Å². The molecule has 0 saturated carbocycles. The van der Waals surface area contributed by atoms with Crippen molar-refractivity contribution in [1.82, 2.24) is 10.3 Å². The Labute approximate surface area is 96.3 Å². The molecule has 1 amide bonds. The SMILES string of the molecule is CC(C)[C@H](N)C(=O)NCCc1ccccn1. The van der Waals surface area contributed by atoms with E-state index in [0.717, 1.165) is 12.1 Å². The monoisotopic (exact) mass is 221 g/mol. The van der Waals surface area contributed by atoms with Gasteiger partial charge >= 0.3 is 0 Å². The third kappa shape index (κ3) is 3.98. The molecule has 88 valence electrons. The third-order valence-corrected chi connectivity index (χ3v) is 2.43. The van der Waals surface area contributed by atoms with Crippen LogP contribution in [0.5, 0.6) is 0 Å². The smallest absolute Gasteiger partial charge is 0.237 e. The van der Waals surface area contributed by atoms with Gasteiger partial charge in [0.25, 0.3) is 0 Å². The second-order valence-electron chi connectivity index (χ2n) is 4.13. The van der Waals surface area contributed by atoms with Gasteiger partial charge in [-0.25, -0.2) is 0 Å². The van der Waals surface area contributed by atoms with E-state index in [1.165, 1.54) is 0 Å². The highest BCUT2D eigenvalue weighted by Gasteiger charge is 2.16. The first-order valence-corrected chi connectivity index (χ1v) is 5.54. The minimum Gasteiger partial charge on any atom is -0.354 e. The van der Waals surface area contributed by atoms with Crippen molar-refractivity contribution in [3.63, 3.8) is 0 Å². The first-order chi connectivity index (χ1) is 7.61. The Bertz CT molecular complexity index is 324. The number of nitrogens with zero attached hydrogens (tertiary/aromatic N) is 1. The number of hydrogen-bond acceptors (Lipinski definition) is 3. The zero-order valence-corrected chi connectivity index (χ0v) is 9.81. The molecule has 1 atom stereocenters. The fourth-order valence-corrected chi connectivity index (χ4v) is 1.28. The number of amides is 1. The van der Waals surface area contributed by atoms with Crippen LogP contribution in [0.3, 0.4) is 0 Å². The van der Waals surface area contributed by atoms with E-state index in [-0.39, 0.29) is 11.8 Å². The lowest BCUT2D eigenvalue weighted by Gasteiger charge is -2.14. The molecule has 0 aliphatic rings. The highest BCUT2D eigenvalue weighted by Crippen LogP contribution is 1.98. The van der Waals surface area contributed by atoms with Crippen LogP contribution < -0.4 is 11.1 Å². The summed E-state index contributed by atoms with van der Waals surface area (Å²) in [5.74, 6) is 0.0702. The van der Waals surface area contributed by atoms with Gasteiger partial charge in [-0.05, 0) is 18.1 Å². The summed E-state index contributed by atoms with van der Waals surface area (Å²) in [7, 11) is 0. The summed E-state index contributed by atoms with van der Waals surface area (Å²) >= 11 is 0. The van der Waals surface area contributed by atoms with E-state index < -0.39 is 6.04 Å². The maximum atomic E-state index is 11.5. The lowest BCUT2D eigenvalue weighted by Crippen LogP contribution is -2.44. The summed E-state index contributed by atoms with van der Waals surface area (Å²) < 4.78 is 0. The van der Waals surface area contributed by atoms with E-state index in [0.29, 0.717) is 6.54 Å². The zero-order valence-electron chi connectivity index (χ0n) is 9.81. The predicted molar refractivity (Wildman–Crippen MR) is 63.8 cm³/mol. The molecule has 1 rings (SSSR count). The summed E-state index contributed by atoms with van der Waals surface area (Å²) in [6.45, 7) is 4.45. The second kappa shape index (κ2) is 6.23. The Balaban J connectivity index is 2.28. The van der Waals surface area contributed by atoms with Crippen molar-refractivity contribution >= 4 is 5.91 Å². The maximum absolute atomic E-state index is 11.5. The molecular formula is C12H19N3O. The van der Waals surface area contributed by atoms with Crippen molar-refractivity contribution in [2.24, 2.45) is 11.7 Å². The van der Waals surface area contributed by atoms with E-state index in [2.05, 4.69) is 10.3 Å². The van der Waals surface area contributed by atoms with Crippen molar-refractivity contribution in [2.45, 2.75) is 26.3 Å². The molecule has 16 heavy (non-hydrogen) atoms. The molecule has 0 spiro atoms. The topological polar surface area (TPSA) is 68.0 Å². The highest BCUT2D eigenvalue weighted by molar-refractivity contribution is 5.81. The molecule has 1 heterocycles. The van der Waals surface area contributed by atoms with Crippen molar-refractivity contribution in [3.8, 4) is 0 Å². The molecular weight excluding hydrogens is 202 g/mol. The molecule has 0 aliphatic heterocycles. The van der Waals surface area contributed by atoms with Crippen molar-refractivity contribution in [2.75, 3.05) is 6.54 Å². The molecule has 0 saturated heterocycles. The van der Waals surface area contributed by atoms with Gasteiger partial charge in [-0.15, -0.1) is 0 Å². The molecule has 0 aliphatic carbocycles. The summed E-state index contributed by atoms with van der Waals surface area (Å²) in [5, 5.41) is 2.81. The quantitative estimate of drug-likeness (QED) is 0.770. The molecule has 1 aromatic heterocycles. The average Bonchev–Trinajstić information content (AvgIpc) is 2.29. The Morgan fingerprint density at radius 2 is 2.25 bits per heavy atom. The number of pyridine rings is 1. The van der Waals surface area contributed by atoms with Crippen LogP contribution >= 0.6 is 0 Å². The summed E-state index contributed by atoms with van der Waals surface area (Å²) in [6.07, 6.45) is 2.48. The number of carbonyl (C=O) groups is 1. The lowest BCUT2D eigenvalue weighted by molar-refractivity contribution is -0.123. The van der Waals surface area contributed by atoms with E-state index in [4.69, 9.17) is 5.73 Å². The lowest BCUT2D eigenvalue weighted by atomic mass is 10.1. The molecule has 0 aromatic carbocycles. The molecule has 0 bridgehead atoms. The Kier molecular flexibility index (Phi) is 4.92. The van der Waals surface area contributed by atoms with Gasteiger partial charge in [0.15, 0.2) is 0 Å². The van der Waals surface area contributed by atoms with E-state index in [9.17, 15) is 4.79 Å². The number of carbonyl (C=O) groups excluding carboxylic acids is 1. The van der Waals surface area contributed by atoms with Gasteiger partial charge in [0.1, 0.15) is 0 Å². The molecule has 4 nitrogen and oxygen atoms in total. The minimum absolute atomic E-state index is 0.0917. The summed E-state index contributed by atoms with van der Waals surface area (Å²) in [4.78, 5) is 15.7. The van der Waals surface area contributed by atoms with Crippen molar-refractivity contribution in [3.05, 3.63) is 30.1 Å². The normalized spacial score (nSPS) is 12.5. The summed E-state index contributed by atoms with van der Waals surface area (Å²) in [5.41, 5.74) is 6.68. The van der Waals surface area contributed by atoms with Gasteiger partial charge in [-0.1, -0.05) is 19.9 Å². The number of hydrogen-bond donors (Lipinski definition) is 2. The Morgan fingerprint density at radius 3 is 2.81 bits per heavy atom. The Hall–Kier alpha value is -1.42. The van der Waals surface area contributed by atoms with Crippen LogP contribution in [0.1, 0.15) is 19.5 Å². The largest absolute Gasteiger partial charge is 0.354 e. The maximum Gasteiger partial charge on any atom is 0.237 e. The molecule has 0 unspecified atom stereocenters. The minimum atomic E-state index is -0.427. The molecule has 3 N–H and O–H groups in total. The molecule has 0 fully saturated rings. The van der Waals surface area contributed by atoms with Gasteiger partial charge in [0.2, 0.25) is 5.91 Å². The molecule has 1 aromatic rings. The van der Waals surface area contributed by atoms with Crippen molar-refractivity contribution < 1.29 is 4.79 Å². The van der Waals surface area contributed by atoms with Gasteiger partial charge in [-0.2, -0.15) is 0 Å². The van der Waals surface area contributed by atoms with Crippen LogP contribution in [0.4, 0.5) is 0 Å². The highest BCUT2D eigenvalue weighted by atomic mass is 16.2. The van der Waals surface area contributed by atoms with Crippen LogP contribution in [-0.2, 0) is 11.2 Å². The number of nitrogens with one attached hydrogen (secondary N) is 1. The first kappa shape index (κ1) is 12.6. The zero-order chi connectivity index (χ0) is 12.0. The van der Waals surface area contributed by atoms with Crippen LogP contribution in [0.15, 0.2) is 24.4 Å². The van der Waals surface area contributed by atoms with Crippen LogP contribution in [0, 0.1) is 5.92 Å². The summed E-state index contributed by atoms with van der Waals surface area (Å²) in [6, 6.07) is 5.32. The van der Waals surface area contributed by atoms with E-state index in [1.807, 2.05) is 32.0 Å². The Morgan fingerprint density at radius 1 is 1.50 bits per heavy atom. The molecule has 0 radical (unpaired) electrons. The fraction of sp³-hybridized carbons (Fsp3) is 0.500. The third-order valence-electron chi connectivity index (χ3n) is 2.43. The average molecular weight is 221 g/mol. The second-order valence-corrected chi connectivity index (χ2v) is 4.13. The van der Waals surface area contributed by atoms with Crippen LogP contribution in [-0.4, -0.2) is 23.5 Å². The predicted octanol–water partition coefficient (Wildman–Crippen LogP) is 0.724. The number of rotatable bonds is 5. The van der Waals surface area contributed by atoms with Crippen molar-refractivity contribution in [1.29, 1.82) is 0 Å². The van der Waals surface area contributed by atoms with Gasteiger partial charge in [0, 0.05) is 24.9 Å². The van der Waals surface area contributed by atoms with Gasteiger partial charge in [-0.3, -0.25) is 9.78 Å². The molecule has 4 heteroatoms.